The molecular weight excluding hydrogens is 486 g/mol. The van der Waals surface area contributed by atoms with Crippen molar-refractivity contribution in [3.63, 3.8) is 0 Å². The van der Waals surface area contributed by atoms with E-state index in [1.165, 1.54) is 27.1 Å². The fraction of sp³-hybridized carbons (Fsp3) is 0. The smallest absolute Gasteiger partial charge is 0.0715 e. The van der Waals surface area contributed by atoms with Crippen LogP contribution in [0.1, 0.15) is 0 Å². The Labute approximate surface area is 231 Å². The van der Waals surface area contributed by atoms with Crippen molar-refractivity contribution in [2.45, 2.75) is 0 Å². The standard InChI is InChI=1S/C37H23N3/c1-2-7-25-21-33-26(18-24(25)6-1)8-3-11-32(33)31-22-36(29-12-14-34-27(19-29)9-4-16-38-34)40-37(23-31)30-13-15-35-28(20-30)10-5-17-39-35/h1-23H. The average molecular weight is 510 g/mol. The zero-order valence-corrected chi connectivity index (χ0v) is 21.6. The van der Waals surface area contributed by atoms with Crippen LogP contribution in [0.4, 0.5) is 0 Å². The first kappa shape index (κ1) is 22.6. The maximum atomic E-state index is 5.20. The number of benzene rings is 5. The molecule has 0 aliphatic rings. The first-order valence-corrected chi connectivity index (χ1v) is 13.4. The Morgan fingerprint density at radius 2 is 0.950 bits per heavy atom. The molecule has 3 aromatic heterocycles. The summed E-state index contributed by atoms with van der Waals surface area (Å²) in [5, 5.41) is 7.14. The van der Waals surface area contributed by atoms with Gasteiger partial charge in [-0.2, -0.15) is 0 Å². The van der Waals surface area contributed by atoms with Gasteiger partial charge in [0.25, 0.3) is 0 Å². The highest BCUT2D eigenvalue weighted by Gasteiger charge is 2.13. The van der Waals surface area contributed by atoms with E-state index in [1.54, 1.807) is 0 Å². The summed E-state index contributed by atoms with van der Waals surface area (Å²) in [7, 11) is 0. The number of rotatable bonds is 3. The SMILES string of the molecule is c1ccc2cc3c(-c4cc(-c5ccc6ncccc6c5)nc(-c5ccc6ncccc6c5)c4)cccc3cc2c1. The molecule has 0 N–H and O–H groups in total. The number of fused-ring (bicyclic) bond motifs is 4. The highest BCUT2D eigenvalue weighted by molar-refractivity contribution is 6.05. The number of pyridine rings is 3. The molecule has 5 aromatic carbocycles. The third-order valence-electron chi connectivity index (χ3n) is 7.68. The van der Waals surface area contributed by atoms with Crippen LogP contribution < -0.4 is 0 Å². The van der Waals surface area contributed by atoms with Gasteiger partial charge in [-0.05, 0) is 93.3 Å². The van der Waals surface area contributed by atoms with Crippen molar-refractivity contribution < 1.29 is 0 Å². The van der Waals surface area contributed by atoms with E-state index in [4.69, 9.17) is 4.98 Å². The van der Waals surface area contributed by atoms with Gasteiger partial charge in [-0.3, -0.25) is 9.97 Å². The lowest BCUT2D eigenvalue weighted by Crippen LogP contribution is -1.93. The molecule has 0 fully saturated rings. The Hall–Kier alpha value is -5.41. The Bertz CT molecular complexity index is 2140. The molecular formula is C37H23N3. The van der Waals surface area contributed by atoms with E-state index in [-0.39, 0.29) is 0 Å². The molecule has 0 spiro atoms. The maximum absolute atomic E-state index is 5.20. The molecule has 0 aliphatic heterocycles. The normalized spacial score (nSPS) is 11.5. The van der Waals surface area contributed by atoms with E-state index in [1.807, 2.05) is 24.5 Å². The van der Waals surface area contributed by atoms with Crippen molar-refractivity contribution in [1.29, 1.82) is 0 Å². The van der Waals surface area contributed by atoms with Gasteiger partial charge in [0.15, 0.2) is 0 Å². The summed E-state index contributed by atoms with van der Waals surface area (Å²) in [4.78, 5) is 14.2. The Morgan fingerprint density at radius 3 is 1.60 bits per heavy atom. The molecule has 0 unspecified atom stereocenters. The van der Waals surface area contributed by atoms with E-state index in [0.29, 0.717) is 0 Å². The molecule has 0 radical (unpaired) electrons. The second-order valence-electron chi connectivity index (χ2n) is 10.2. The van der Waals surface area contributed by atoms with E-state index >= 15 is 0 Å². The molecule has 8 rings (SSSR count). The van der Waals surface area contributed by atoms with Gasteiger partial charge in [0.05, 0.1) is 22.4 Å². The minimum Gasteiger partial charge on any atom is -0.256 e. The lowest BCUT2D eigenvalue weighted by Gasteiger charge is -2.13. The van der Waals surface area contributed by atoms with Crippen molar-refractivity contribution in [1.82, 2.24) is 15.0 Å². The minimum absolute atomic E-state index is 0.933. The lowest BCUT2D eigenvalue weighted by atomic mass is 9.93. The van der Waals surface area contributed by atoms with Gasteiger partial charge in [-0.15, -0.1) is 0 Å². The maximum Gasteiger partial charge on any atom is 0.0715 e. The van der Waals surface area contributed by atoms with E-state index in [9.17, 15) is 0 Å². The minimum atomic E-state index is 0.933. The molecule has 3 heteroatoms. The number of aromatic nitrogens is 3. The second kappa shape index (κ2) is 9.11. The van der Waals surface area contributed by atoms with Crippen LogP contribution in [0.3, 0.4) is 0 Å². The van der Waals surface area contributed by atoms with Crippen LogP contribution in [0.5, 0.6) is 0 Å². The van der Waals surface area contributed by atoms with Crippen LogP contribution in [0, 0.1) is 0 Å². The number of hydrogen-bond donors (Lipinski definition) is 0. The van der Waals surface area contributed by atoms with Gasteiger partial charge in [-0.1, -0.05) is 66.7 Å². The summed E-state index contributed by atoms with van der Waals surface area (Å²) >= 11 is 0. The van der Waals surface area contributed by atoms with Gasteiger partial charge >= 0.3 is 0 Å². The average Bonchev–Trinajstić information content (AvgIpc) is 3.02. The van der Waals surface area contributed by atoms with Crippen LogP contribution in [-0.4, -0.2) is 15.0 Å². The van der Waals surface area contributed by atoms with Crippen LogP contribution in [0.25, 0.3) is 77.0 Å². The molecule has 8 aromatic rings. The Kier molecular flexibility index (Phi) is 5.14. The molecule has 0 saturated heterocycles. The number of nitrogens with zero attached hydrogens (tertiary/aromatic N) is 3. The summed E-state index contributed by atoms with van der Waals surface area (Å²) in [6.45, 7) is 0. The highest BCUT2D eigenvalue weighted by atomic mass is 14.7. The van der Waals surface area contributed by atoms with Crippen LogP contribution >= 0.6 is 0 Å². The molecule has 40 heavy (non-hydrogen) atoms. The lowest BCUT2D eigenvalue weighted by molar-refractivity contribution is 1.32. The summed E-state index contributed by atoms with van der Waals surface area (Å²) in [6.07, 6.45) is 3.66. The third kappa shape index (κ3) is 3.88. The van der Waals surface area contributed by atoms with Gasteiger partial charge < -0.3 is 0 Å². The molecule has 0 atom stereocenters. The first-order chi connectivity index (χ1) is 19.8. The van der Waals surface area contributed by atoms with Gasteiger partial charge in [0, 0.05) is 34.3 Å². The first-order valence-electron chi connectivity index (χ1n) is 13.4. The molecule has 186 valence electrons. The van der Waals surface area contributed by atoms with Crippen molar-refractivity contribution in [3.05, 3.63) is 140 Å². The molecule has 3 nitrogen and oxygen atoms in total. The summed E-state index contributed by atoms with van der Waals surface area (Å²) in [5.74, 6) is 0. The third-order valence-corrected chi connectivity index (χ3v) is 7.68. The Morgan fingerprint density at radius 1 is 0.375 bits per heavy atom. The van der Waals surface area contributed by atoms with Crippen LogP contribution in [0.2, 0.25) is 0 Å². The van der Waals surface area contributed by atoms with Crippen molar-refractivity contribution >= 4 is 43.4 Å². The van der Waals surface area contributed by atoms with Crippen LogP contribution in [0.15, 0.2) is 140 Å². The zero-order valence-electron chi connectivity index (χ0n) is 21.6. The number of hydrogen-bond acceptors (Lipinski definition) is 3. The molecule has 0 saturated carbocycles. The van der Waals surface area contributed by atoms with E-state index < -0.39 is 0 Å². The topological polar surface area (TPSA) is 38.7 Å². The van der Waals surface area contributed by atoms with Gasteiger partial charge in [0.2, 0.25) is 0 Å². The summed E-state index contributed by atoms with van der Waals surface area (Å²) < 4.78 is 0. The quantitative estimate of drug-likeness (QED) is 0.223. The molecule has 0 bridgehead atoms. The van der Waals surface area contributed by atoms with Crippen molar-refractivity contribution in [3.8, 4) is 33.6 Å². The predicted molar refractivity (Wildman–Crippen MR) is 166 cm³/mol. The predicted octanol–water partition coefficient (Wildman–Crippen LogP) is 9.49. The summed E-state index contributed by atoms with van der Waals surface area (Å²) in [5.41, 5.74) is 8.28. The second-order valence-corrected chi connectivity index (χ2v) is 10.2. The van der Waals surface area contributed by atoms with E-state index in [0.717, 1.165) is 49.9 Å². The molecule has 3 heterocycles. The highest BCUT2D eigenvalue weighted by Crippen LogP contribution is 2.36. The van der Waals surface area contributed by atoms with Crippen molar-refractivity contribution in [2.24, 2.45) is 0 Å². The van der Waals surface area contributed by atoms with Crippen LogP contribution in [-0.2, 0) is 0 Å². The summed E-state index contributed by atoms with van der Waals surface area (Å²) in [6, 6.07) is 45.0. The van der Waals surface area contributed by atoms with Gasteiger partial charge in [0.1, 0.15) is 0 Å². The molecule has 0 amide bonds. The Balaban J connectivity index is 1.39. The fourth-order valence-corrected chi connectivity index (χ4v) is 5.67. The largest absolute Gasteiger partial charge is 0.256 e. The fourth-order valence-electron chi connectivity index (χ4n) is 5.67. The monoisotopic (exact) mass is 509 g/mol. The van der Waals surface area contributed by atoms with Gasteiger partial charge in [-0.25, -0.2) is 4.98 Å². The van der Waals surface area contributed by atoms with E-state index in [2.05, 4.69) is 125 Å². The zero-order chi connectivity index (χ0) is 26.5. The van der Waals surface area contributed by atoms with Crippen molar-refractivity contribution in [2.75, 3.05) is 0 Å². The molecule has 0 aliphatic carbocycles.